The van der Waals surface area contributed by atoms with Crippen molar-refractivity contribution < 1.29 is 9.59 Å². The smallest absolute Gasteiger partial charge is 0.271 e. The number of nitrogens with one attached hydrogen (secondary N) is 1. The Bertz CT molecular complexity index is 1140. The summed E-state index contributed by atoms with van der Waals surface area (Å²) >= 11 is 1.64. The van der Waals surface area contributed by atoms with Gasteiger partial charge in [0.2, 0.25) is 5.91 Å². The Morgan fingerprint density at radius 3 is 2.67 bits per heavy atom. The van der Waals surface area contributed by atoms with E-state index < -0.39 is 5.54 Å². The molecule has 2 aromatic heterocycles. The predicted octanol–water partition coefficient (Wildman–Crippen LogP) is 5.25. The third-order valence-electron chi connectivity index (χ3n) is 7.58. The minimum absolute atomic E-state index is 0.0159. The summed E-state index contributed by atoms with van der Waals surface area (Å²) < 4.78 is 3.17. The average molecular weight is 464 g/mol. The molecule has 2 aliphatic rings. The quantitative estimate of drug-likeness (QED) is 0.543. The third-order valence-corrected chi connectivity index (χ3v) is 8.43. The van der Waals surface area contributed by atoms with Crippen molar-refractivity contribution in [1.82, 2.24) is 14.8 Å². The molecule has 1 saturated carbocycles. The zero-order chi connectivity index (χ0) is 23.0. The molecule has 0 spiro atoms. The third kappa shape index (κ3) is 4.21. The topological polar surface area (TPSA) is 54.3 Å². The first-order valence-electron chi connectivity index (χ1n) is 12.2. The van der Waals surface area contributed by atoms with Gasteiger partial charge >= 0.3 is 0 Å². The summed E-state index contributed by atoms with van der Waals surface area (Å²) in [7, 11) is 0. The van der Waals surface area contributed by atoms with E-state index >= 15 is 0 Å². The van der Waals surface area contributed by atoms with E-state index in [1.54, 1.807) is 11.3 Å². The van der Waals surface area contributed by atoms with Crippen LogP contribution >= 0.6 is 11.3 Å². The molecule has 1 fully saturated rings. The van der Waals surface area contributed by atoms with E-state index in [2.05, 4.69) is 40.4 Å². The maximum atomic E-state index is 13.7. The number of hydrogen-bond acceptors (Lipinski definition) is 3. The highest BCUT2D eigenvalue weighted by Crippen LogP contribution is 2.35. The Balaban J connectivity index is 1.40. The Morgan fingerprint density at radius 2 is 1.91 bits per heavy atom. The minimum Gasteiger partial charge on any atom is -0.351 e. The first-order chi connectivity index (χ1) is 16.0. The number of carbonyl (C=O) groups excluding carboxylic acids is 2. The van der Waals surface area contributed by atoms with Crippen molar-refractivity contribution in [1.29, 1.82) is 0 Å². The largest absolute Gasteiger partial charge is 0.351 e. The van der Waals surface area contributed by atoms with Crippen molar-refractivity contribution in [2.75, 3.05) is 6.54 Å². The summed E-state index contributed by atoms with van der Waals surface area (Å²) in [6.45, 7) is 5.30. The van der Waals surface area contributed by atoms with Gasteiger partial charge in [-0.15, -0.1) is 11.3 Å². The van der Waals surface area contributed by atoms with Crippen molar-refractivity contribution in [2.24, 2.45) is 5.92 Å². The maximum Gasteiger partial charge on any atom is 0.271 e. The van der Waals surface area contributed by atoms with Crippen molar-refractivity contribution in [3.63, 3.8) is 0 Å². The molecule has 6 heteroatoms. The van der Waals surface area contributed by atoms with Crippen LogP contribution in [0.25, 0.3) is 10.2 Å². The van der Waals surface area contributed by atoms with Gasteiger partial charge in [-0.1, -0.05) is 37.3 Å². The first kappa shape index (κ1) is 22.2. The number of aromatic nitrogens is 1. The molecule has 5 rings (SSSR count). The Labute approximate surface area is 199 Å². The minimum atomic E-state index is -0.905. The standard InChI is InChI=1S/C27H33N3O2S/c1-19-10-12-21(13-11-19)28-26(32)27(2)18-29-22-14-16-33-24(22)17-23(29)25(31)30(27)15-6-9-20-7-4-3-5-8-20/h3-5,7-8,14,16-17,19,21H,6,9-13,15,18H2,1-2H3,(H,28,32)/t19?,21?,27-/m1/s1. The molecule has 5 nitrogen and oxygen atoms in total. The fourth-order valence-corrected chi connectivity index (χ4v) is 6.28. The Kier molecular flexibility index (Phi) is 6.04. The fourth-order valence-electron chi connectivity index (χ4n) is 5.45. The second-order valence-electron chi connectivity index (χ2n) is 10.0. The van der Waals surface area contributed by atoms with Gasteiger partial charge < -0.3 is 14.8 Å². The van der Waals surface area contributed by atoms with Gasteiger partial charge in [0.15, 0.2) is 0 Å². The number of rotatable bonds is 6. The van der Waals surface area contributed by atoms with Crippen LogP contribution in [-0.2, 0) is 17.8 Å². The van der Waals surface area contributed by atoms with Crippen LogP contribution in [0.3, 0.4) is 0 Å². The lowest BCUT2D eigenvalue weighted by atomic mass is 9.86. The molecule has 1 aliphatic heterocycles. The number of nitrogens with zero attached hydrogens (tertiary/aromatic N) is 2. The van der Waals surface area contributed by atoms with Gasteiger partial charge in [-0.3, -0.25) is 9.59 Å². The maximum absolute atomic E-state index is 13.7. The highest BCUT2D eigenvalue weighted by molar-refractivity contribution is 7.17. The molecule has 3 heterocycles. The summed E-state index contributed by atoms with van der Waals surface area (Å²) in [5.41, 5.74) is 2.11. The first-order valence-corrected chi connectivity index (χ1v) is 13.1. The molecule has 2 amide bonds. The molecular formula is C27H33N3O2S. The number of amides is 2. The van der Waals surface area contributed by atoms with E-state index in [1.807, 2.05) is 36.1 Å². The zero-order valence-corrected chi connectivity index (χ0v) is 20.4. The fraction of sp³-hybridized carbons (Fsp3) is 0.481. The average Bonchev–Trinajstić information content (AvgIpc) is 3.41. The Morgan fingerprint density at radius 1 is 1.15 bits per heavy atom. The number of fused-ring (bicyclic) bond motifs is 3. The second kappa shape index (κ2) is 8.98. The summed E-state index contributed by atoms with van der Waals surface area (Å²) in [6, 6.07) is 14.6. The summed E-state index contributed by atoms with van der Waals surface area (Å²) in [5.74, 6) is 0.680. The van der Waals surface area contributed by atoms with E-state index in [1.165, 1.54) is 5.56 Å². The molecular weight excluding hydrogens is 430 g/mol. The lowest BCUT2D eigenvalue weighted by molar-refractivity contribution is -0.133. The highest BCUT2D eigenvalue weighted by Gasteiger charge is 2.48. The van der Waals surface area contributed by atoms with Gasteiger partial charge in [0.1, 0.15) is 11.2 Å². The van der Waals surface area contributed by atoms with Gasteiger partial charge in [0.05, 0.1) is 16.8 Å². The van der Waals surface area contributed by atoms with Crippen LogP contribution in [0.5, 0.6) is 0 Å². The lowest BCUT2D eigenvalue weighted by Gasteiger charge is -2.45. The Hall–Kier alpha value is -2.60. The molecule has 0 radical (unpaired) electrons. The summed E-state index contributed by atoms with van der Waals surface area (Å²) in [5, 5.41) is 5.38. The van der Waals surface area contributed by atoms with Crippen molar-refractivity contribution in [3.05, 3.63) is 59.1 Å². The van der Waals surface area contributed by atoms with Crippen molar-refractivity contribution in [2.45, 2.75) is 70.5 Å². The van der Waals surface area contributed by atoms with Crippen LogP contribution in [0.4, 0.5) is 0 Å². The van der Waals surface area contributed by atoms with Crippen LogP contribution in [0, 0.1) is 5.92 Å². The van der Waals surface area contributed by atoms with Gasteiger partial charge in [-0.2, -0.15) is 0 Å². The molecule has 0 bridgehead atoms. The normalized spacial score (nSPS) is 25.3. The molecule has 1 atom stereocenters. The second-order valence-corrected chi connectivity index (χ2v) is 11.0. The highest BCUT2D eigenvalue weighted by atomic mass is 32.1. The zero-order valence-electron chi connectivity index (χ0n) is 19.5. The monoisotopic (exact) mass is 463 g/mol. The van der Waals surface area contributed by atoms with Gasteiger partial charge in [0, 0.05) is 12.6 Å². The van der Waals surface area contributed by atoms with E-state index in [0.717, 1.165) is 54.7 Å². The summed E-state index contributed by atoms with van der Waals surface area (Å²) in [6.07, 6.45) is 6.06. The lowest BCUT2D eigenvalue weighted by Crippen LogP contribution is -2.65. The van der Waals surface area contributed by atoms with Crippen molar-refractivity contribution in [3.8, 4) is 0 Å². The van der Waals surface area contributed by atoms with E-state index in [-0.39, 0.29) is 17.9 Å². The van der Waals surface area contributed by atoms with E-state index in [4.69, 9.17) is 0 Å². The molecule has 33 heavy (non-hydrogen) atoms. The van der Waals surface area contributed by atoms with Crippen LogP contribution in [0.15, 0.2) is 47.8 Å². The molecule has 1 N–H and O–H groups in total. The van der Waals surface area contributed by atoms with Gasteiger partial charge in [-0.05, 0) is 74.4 Å². The van der Waals surface area contributed by atoms with Crippen LogP contribution < -0.4 is 5.32 Å². The number of thiophene rings is 1. The molecule has 1 aromatic carbocycles. The molecule has 3 aromatic rings. The van der Waals surface area contributed by atoms with Crippen LogP contribution in [0.2, 0.25) is 0 Å². The molecule has 1 aliphatic carbocycles. The van der Waals surface area contributed by atoms with E-state index in [0.29, 0.717) is 18.8 Å². The SMILES string of the molecule is CC1CCC(NC(=O)[C@@]2(C)Cn3c(cc4sccc43)C(=O)N2CCCc2ccccc2)CC1. The molecule has 0 saturated heterocycles. The van der Waals surface area contributed by atoms with Crippen LogP contribution in [0.1, 0.15) is 62.0 Å². The number of hydrogen-bond donors (Lipinski definition) is 1. The summed E-state index contributed by atoms with van der Waals surface area (Å²) in [4.78, 5) is 29.3. The van der Waals surface area contributed by atoms with Gasteiger partial charge in [-0.25, -0.2) is 0 Å². The molecule has 0 unspecified atom stereocenters. The van der Waals surface area contributed by atoms with Gasteiger partial charge in [0.25, 0.3) is 5.91 Å². The molecule has 174 valence electrons. The number of carbonyl (C=O) groups is 2. The number of aryl methyl sites for hydroxylation is 1. The van der Waals surface area contributed by atoms with Crippen molar-refractivity contribution >= 4 is 33.4 Å². The number of benzene rings is 1. The van der Waals surface area contributed by atoms with E-state index in [9.17, 15) is 9.59 Å². The predicted molar refractivity (Wildman–Crippen MR) is 134 cm³/mol. The van der Waals surface area contributed by atoms with Crippen LogP contribution in [-0.4, -0.2) is 39.4 Å².